The predicted molar refractivity (Wildman–Crippen MR) is 460 cm³/mol. The number of carbonyl (C=O) groups excluding carboxylic acids is 1. The van der Waals surface area contributed by atoms with Crippen LogP contribution in [0.4, 0.5) is 14.6 Å². The molecule has 108 heavy (non-hydrogen) atoms. The van der Waals surface area contributed by atoms with Gasteiger partial charge in [0.05, 0.1) is 28.4 Å². The Hall–Kier alpha value is -7.58. The summed E-state index contributed by atoms with van der Waals surface area (Å²) in [6, 6.07) is 39.1. The summed E-state index contributed by atoms with van der Waals surface area (Å²) in [6.07, 6.45) is 26.3. The number of nitrogens with zero attached hydrogens (tertiary/aromatic N) is 5. The zero-order chi connectivity index (χ0) is 76.0. The Labute approximate surface area is 666 Å². The minimum Gasteiger partial charge on any atom is -0.378 e. The highest BCUT2D eigenvalue weighted by atomic mass is 32.2. The molecule has 11 nitrogen and oxygen atoms in total. The fourth-order valence-electron chi connectivity index (χ4n) is 17.2. The van der Waals surface area contributed by atoms with E-state index in [4.69, 9.17) is 37.9 Å². The van der Waals surface area contributed by atoms with Crippen molar-refractivity contribution in [2.75, 3.05) is 5.32 Å². The molecular weight excluding hydrogens is 1480 g/mol. The number of hydrogen-bond acceptors (Lipinski definition) is 17. The Kier molecular flexibility index (Phi) is 24.1. The van der Waals surface area contributed by atoms with Gasteiger partial charge in [-0.1, -0.05) is 159 Å². The smallest absolute Gasteiger partial charge is 0.256 e. The molecule has 3 unspecified atom stereocenters. The summed E-state index contributed by atoms with van der Waals surface area (Å²) in [5.41, 5.74) is 34.8. The van der Waals surface area contributed by atoms with Crippen molar-refractivity contribution in [3.63, 3.8) is 0 Å². The molecule has 0 bridgehead atoms. The van der Waals surface area contributed by atoms with Crippen molar-refractivity contribution >= 4 is 113 Å². The van der Waals surface area contributed by atoms with Crippen LogP contribution in [0.15, 0.2) is 164 Å². The van der Waals surface area contributed by atoms with E-state index in [2.05, 4.69) is 179 Å². The zero-order valence-electron chi connectivity index (χ0n) is 62.8. The van der Waals surface area contributed by atoms with Gasteiger partial charge >= 0.3 is 0 Å². The number of rotatable bonds is 9. The van der Waals surface area contributed by atoms with Crippen LogP contribution in [-0.2, 0) is 22.2 Å². The van der Waals surface area contributed by atoms with Crippen LogP contribution in [0.1, 0.15) is 231 Å². The molecule has 16 rings (SSSR count). The first-order valence-corrected chi connectivity index (χ1v) is 43.5. The first-order chi connectivity index (χ1) is 51.8. The van der Waals surface area contributed by atoms with Gasteiger partial charge in [0.15, 0.2) is 20.7 Å². The Bertz CT molecular complexity index is 4800. The molecule has 20 heteroatoms. The van der Waals surface area contributed by atoms with E-state index in [-0.39, 0.29) is 42.2 Å². The fraction of sp³-hybridized carbons (Fsp3) is 0.409. The van der Waals surface area contributed by atoms with Gasteiger partial charge in [-0.15, -0.1) is 51.8 Å². The topological polar surface area (TPSA) is 196 Å². The maximum Gasteiger partial charge on any atom is 0.256 e. The molecule has 4 aromatic carbocycles. The lowest BCUT2D eigenvalue weighted by Gasteiger charge is -2.48. The van der Waals surface area contributed by atoms with Crippen molar-refractivity contribution < 1.29 is 13.6 Å². The monoisotopic (exact) mass is 1570 g/mol. The number of pyridine rings is 1. The number of halogens is 2. The van der Waals surface area contributed by atoms with Crippen molar-refractivity contribution in [1.82, 2.24) is 4.98 Å². The second kappa shape index (κ2) is 33.2. The number of thiophene rings is 3. The Balaban J connectivity index is 0.000000127. The number of amides is 1. The third kappa shape index (κ3) is 18.2. The molecule has 4 saturated carbocycles. The number of hydrogen-bond donors (Lipinski definition) is 5. The average molecular weight is 1570 g/mol. The van der Waals surface area contributed by atoms with E-state index in [1.165, 1.54) is 168 Å². The normalized spacial score (nSPS) is 23.9. The first kappa shape index (κ1) is 78.5. The summed E-state index contributed by atoms with van der Waals surface area (Å²) in [5.74, 6) is 17.2. The number of amidine groups is 4. The Morgan fingerprint density at radius 3 is 1.11 bits per heavy atom. The van der Waals surface area contributed by atoms with Crippen LogP contribution in [0.5, 0.6) is 0 Å². The molecular formula is C88H96F2N10OS7. The third-order valence-electron chi connectivity index (χ3n) is 22.3. The van der Waals surface area contributed by atoms with Gasteiger partial charge in [0, 0.05) is 61.4 Å². The first-order valence-electron chi connectivity index (χ1n) is 37.6. The van der Waals surface area contributed by atoms with E-state index >= 15 is 0 Å². The second-order valence-corrected chi connectivity index (χ2v) is 39.6. The molecule has 560 valence electrons. The van der Waals surface area contributed by atoms with Crippen LogP contribution in [-0.4, -0.2) is 50.5 Å². The molecule has 0 saturated heterocycles. The maximum absolute atomic E-state index is 14.7. The van der Waals surface area contributed by atoms with E-state index < -0.39 is 23.1 Å². The van der Waals surface area contributed by atoms with Gasteiger partial charge in [0.25, 0.3) is 5.91 Å². The maximum atomic E-state index is 14.7. The number of benzene rings is 4. The highest BCUT2D eigenvalue weighted by molar-refractivity contribution is 8.15. The number of carbonyl (C=O) groups is 1. The van der Waals surface area contributed by atoms with Gasteiger partial charge in [0.1, 0.15) is 17.5 Å². The highest BCUT2D eigenvalue weighted by Crippen LogP contribution is 2.58. The molecule has 8 heterocycles. The SMILES string of the molecule is CC#Cc1cccc(-c2csc(C3(C)CC4(CCCC4)SC(N)=N3)c2)c1.CC#Cc1cccc(-c2csc(C3(C)CC4(CCCCC4)SC(N)=N3)c2)c1.CC#Cc1cccc(-c2csc([C@]3(C)CC4(CCCCC4)SC(N)=N3)c2)c1.CC1(c2cc(C(=O)Nc3ccc(F)cn3)ccc2F)CC2(CCC2)SC(N)=N1. The minimum absolute atomic E-state index is 0.00329. The van der Waals surface area contributed by atoms with Crippen LogP contribution in [0, 0.1) is 47.2 Å². The lowest BCUT2D eigenvalue weighted by molar-refractivity contribution is 0.102. The van der Waals surface area contributed by atoms with E-state index in [1.807, 2.05) is 85.7 Å². The number of nitrogens with one attached hydrogen (secondary N) is 1. The summed E-state index contributed by atoms with van der Waals surface area (Å²) in [7, 11) is 0. The molecule has 1 amide bonds. The van der Waals surface area contributed by atoms with Crippen molar-refractivity contribution in [1.29, 1.82) is 0 Å². The number of aliphatic imine (C=N–C) groups is 4. The summed E-state index contributed by atoms with van der Waals surface area (Å²) in [6.45, 7) is 14.3. The Morgan fingerprint density at radius 1 is 0.417 bits per heavy atom. The van der Waals surface area contributed by atoms with Crippen molar-refractivity contribution in [2.24, 2.45) is 42.9 Å². The van der Waals surface area contributed by atoms with Gasteiger partial charge in [-0.2, -0.15) is 0 Å². The van der Waals surface area contributed by atoms with E-state index in [1.54, 1.807) is 23.1 Å². The summed E-state index contributed by atoms with van der Waals surface area (Å²) in [4.78, 5) is 39.7. The predicted octanol–water partition coefficient (Wildman–Crippen LogP) is 22.3. The molecule has 0 radical (unpaired) electrons. The van der Waals surface area contributed by atoms with Gasteiger partial charge in [-0.25, -0.2) is 13.8 Å². The number of thioether (sulfide) groups is 4. The standard InChI is InChI=1S/2C23H26N2S2.C22H24N2S2.C20H20F2N4OS/c2*1-3-8-17-9-7-10-18(13-17)19-14-20(26-15-19)22(2)16-23(27-21(24)25-22)11-5-4-6-12-23;1-3-7-16-8-6-9-17(12-16)18-13-19(25-14-18)21(2)15-22(10-4-5-11-22)26-20(23)24-21;1-19(11-20(7-2-8-20)28-18(23)26-19)14-9-12(3-5-15(14)22)17(27)25-16-6-4-13(21)10-24-16/h2*7,9-10,13-15H,4-6,11-12,16H2,1-2H3,(H2,24,25);6,8-9,12-14H,4-5,10-11,15H2,1-2H3,(H2,23,24);3-6,9-10H,2,7-8,11H2,1H3,(H2,23,26)(H,24,25,27)/t22-;;;/m0.../s1. The summed E-state index contributed by atoms with van der Waals surface area (Å²) in [5, 5.41) is 12.1. The lowest BCUT2D eigenvalue weighted by Crippen LogP contribution is -2.46. The average Bonchev–Trinajstić information content (AvgIpc) is 0.990. The van der Waals surface area contributed by atoms with Crippen molar-refractivity contribution in [3.05, 3.63) is 198 Å². The molecule has 4 spiro atoms. The number of nitrogens with two attached hydrogens (primary N) is 4. The zero-order valence-corrected chi connectivity index (χ0v) is 68.5. The van der Waals surface area contributed by atoms with Gasteiger partial charge < -0.3 is 28.3 Å². The molecule has 8 aromatic rings. The summed E-state index contributed by atoms with van der Waals surface area (Å²) < 4.78 is 28.6. The van der Waals surface area contributed by atoms with E-state index in [0.717, 1.165) is 76.9 Å². The largest absolute Gasteiger partial charge is 0.378 e. The summed E-state index contributed by atoms with van der Waals surface area (Å²) >= 11 is 12.5. The van der Waals surface area contributed by atoms with Crippen molar-refractivity contribution in [3.8, 4) is 68.9 Å². The van der Waals surface area contributed by atoms with E-state index in [9.17, 15) is 13.6 Å². The molecule has 4 aliphatic carbocycles. The lowest BCUT2D eigenvalue weighted by atomic mass is 9.73. The number of anilines is 1. The molecule has 4 aliphatic heterocycles. The minimum atomic E-state index is -0.829. The van der Waals surface area contributed by atoms with Crippen LogP contribution in [0.3, 0.4) is 0 Å². The van der Waals surface area contributed by atoms with Crippen LogP contribution in [0.2, 0.25) is 0 Å². The molecule has 4 aromatic heterocycles. The van der Waals surface area contributed by atoms with Crippen LogP contribution < -0.4 is 28.3 Å². The number of aromatic nitrogens is 1. The van der Waals surface area contributed by atoms with Crippen LogP contribution >= 0.6 is 81.1 Å². The van der Waals surface area contributed by atoms with Gasteiger partial charge in [0.2, 0.25) is 0 Å². The van der Waals surface area contributed by atoms with Gasteiger partial charge in [-0.3, -0.25) is 24.8 Å². The third-order valence-corrected chi connectivity index (χ3v) is 30.9. The molecule has 8 aliphatic rings. The van der Waals surface area contributed by atoms with Gasteiger partial charge in [-0.05, 0) is 260 Å². The second-order valence-electron chi connectivity index (χ2n) is 30.9. The van der Waals surface area contributed by atoms with Crippen molar-refractivity contribution in [2.45, 2.75) is 224 Å². The van der Waals surface area contributed by atoms with Crippen LogP contribution in [0.25, 0.3) is 33.4 Å². The molecule has 4 fully saturated rings. The highest BCUT2D eigenvalue weighted by Gasteiger charge is 2.51. The fourth-order valence-corrected chi connectivity index (χ4v) is 26.5. The van der Waals surface area contributed by atoms with E-state index in [0.29, 0.717) is 21.9 Å². The molecule has 4 atom stereocenters. The molecule has 9 N–H and O–H groups in total. The Morgan fingerprint density at radius 2 is 0.769 bits per heavy atom. The quantitative estimate of drug-likeness (QED) is 0.0868.